The molecule has 202 valence electrons. The molecule has 2 N–H and O–H groups in total. The number of ether oxygens (including phenoxy) is 3. The second-order valence-corrected chi connectivity index (χ2v) is 11.5. The van der Waals surface area contributed by atoms with Crippen LogP contribution in [-0.2, 0) is 28.8 Å². The molecule has 0 aliphatic heterocycles. The Morgan fingerprint density at radius 1 is 0.829 bits per heavy atom. The van der Waals surface area contributed by atoms with Gasteiger partial charge in [0.2, 0.25) is 0 Å². The molecule has 0 saturated heterocycles. The van der Waals surface area contributed by atoms with Crippen LogP contribution in [0.15, 0.2) is 0 Å². The summed E-state index contributed by atoms with van der Waals surface area (Å²) in [6.07, 6.45) is 4.98. The maximum Gasteiger partial charge on any atom is 0.407 e. The van der Waals surface area contributed by atoms with E-state index in [1.54, 1.807) is 0 Å². The lowest BCUT2D eigenvalue weighted by Gasteiger charge is -2.37. The van der Waals surface area contributed by atoms with E-state index in [1.165, 1.54) is 0 Å². The van der Waals surface area contributed by atoms with E-state index in [1.807, 2.05) is 41.5 Å². The molecule has 0 heterocycles. The zero-order chi connectivity index (χ0) is 26.1. The number of alkyl carbamates (subject to hydrolysis) is 2. The molecule has 0 aromatic rings. The SMILES string of the molecule is CC(C)(C)OC(=O)NC1CCC(CCOOC2CCC(OC=O)CC2)C(NC(=O)OC(C)(C)C)C1. The normalized spacial score (nSPS) is 27.4. The molecule has 2 aliphatic carbocycles. The van der Waals surface area contributed by atoms with Crippen LogP contribution in [0.2, 0.25) is 0 Å². The number of rotatable bonds is 9. The van der Waals surface area contributed by atoms with Crippen molar-refractivity contribution in [1.29, 1.82) is 0 Å². The van der Waals surface area contributed by atoms with E-state index < -0.39 is 23.4 Å². The Morgan fingerprint density at radius 2 is 1.40 bits per heavy atom. The molecule has 10 nitrogen and oxygen atoms in total. The number of carbonyl (C=O) groups is 3. The van der Waals surface area contributed by atoms with Crippen LogP contribution < -0.4 is 10.6 Å². The van der Waals surface area contributed by atoms with Crippen molar-refractivity contribution >= 4 is 18.7 Å². The zero-order valence-corrected chi connectivity index (χ0v) is 22.1. The average Bonchev–Trinajstić information content (AvgIpc) is 2.71. The van der Waals surface area contributed by atoms with Crippen LogP contribution in [0.3, 0.4) is 0 Å². The van der Waals surface area contributed by atoms with E-state index in [0.29, 0.717) is 25.9 Å². The first-order valence-electron chi connectivity index (χ1n) is 12.7. The summed E-state index contributed by atoms with van der Waals surface area (Å²) < 4.78 is 15.8. The molecule has 10 heteroatoms. The summed E-state index contributed by atoms with van der Waals surface area (Å²) >= 11 is 0. The summed E-state index contributed by atoms with van der Waals surface area (Å²) in [6.45, 7) is 11.8. The molecule has 2 fully saturated rings. The maximum absolute atomic E-state index is 12.5. The third kappa shape index (κ3) is 11.9. The Bertz CT molecular complexity index is 680. The smallest absolute Gasteiger partial charge is 0.407 e. The van der Waals surface area contributed by atoms with Crippen LogP contribution in [0.1, 0.15) is 92.9 Å². The van der Waals surface area contributed by atoms with Crippen molar-refractivity contribution in [2.24, 2.45) is 5.92 Å². The molecule has 0 aromatic carbocycles. The maximum atomic E-state index is 12.5. The van der Waals surface area contributed by atoms with Crippen molar-refractivity contribution < 1.29 is 38.4 Å². The fourth-order valence-corrected chi connectivity index (χ4v) is 4.51. The molecule has 0 aromatic heterocycles. The molecule has 2 amide bonds. The van der Waals surface area contributed by atoms with Crippen molar-refractivity contribution in [2.45, 2.75) is 128 Å². The number of carbonyl (C=O) groups excluding carboxylic acids is 3. The van der Waals surface area contributed by atoms with Crippen LogP contribution in [0, 0.1) is 5.92 Å². The number of nitrogens with one attached hydrogen (secondary N) is 2. The highest BCUT2D eigenvalue weighted by Gasteiger charge is 2.34. The first kappa shape index (κ1) is 29.2. The van der Waals surface area contributed by atoms with Gasteiger partial charge < -0.3 is 24.8 Å². The summed E-state index contributed by atoms with van der Waals surface area (Å²) in [7, 11) is 0. The lowest BCUT2D eigenvalue weighted by atomic mass is 9.80. The second kappa shape index (κ2) is 13.3. The Kier molecular flexibility index (Phi) is 11.1. The molecule has 35 heavy (non-hydrogen) atoms. The second-order valence-electron chi connectivity index (χ2n) is 11.5. The summed E-state index contributed by atoms with van der Waals surface area (Å²) in [4.78, 5) is 46.2. The molecule has 3 atom stereocenters. The zero-order valence-electron chi connectivity index (χ0n) is 22.1. The lowest BCUT2D eigenvalue weighted by Crippen LogP contribution is -2.51. The predicted octanol–water partition coefficient (Wildman–Crippen LogP) is 4.40. The minimum atomic E-state index is -0.602. The van der Waals surface area contributed by atoms with Crippen molar-refractivity contribution in [2.75, 3.05) is 6.61 Å². The van der Waals surface area contributed by atoms with Gasteiger partial charge in [0, 0.05) is 12.1 Å². The molecular formula is C25H44N2O8. The van der Waals surface area contributed by atoms with Crippen molar-refractivity contribution in [3.05, 3.63) is 0 Å². The molecule has 3 unspecified atom stereocenters. The average molecular weight is 501 g/mol. The van der Waals surface area contributed by atoms with Gasteiger partial charge in [-0.05, 0) is 98.8 Å². The van der Waals surface area contributed by atoms with Gasteiger partial charge >= 0.3 is 12.2 Å². The van der Waals surface area contributed by atoms with Crippen molar-refractivity contribution in [3.63, 3.8) is 0 Å². The molecule has 2 aliphatic rings. The molecule has 2 rings (SSSR count). The van der Waals surface area contributed by atoms with E-state index in [-0.39, 0.29) is 30.2 Å². The lowest BCUT2D eigenvalue weighted by molar-refractivity contribution is -0.331. The van der Waals surface area contributed by atoms with E-state index in [2.05, 4.69) is 10.6 Å². The summed E-state index contributed by atoms with van der Waals surface area (Å²) in [6, 6.07) is -0.292. The topological polar surface area (TPSA) is 121 Å². The Balaban J connectivity index is 1.83. The van der Waals surface area contributed by atoms with Gasteiger partial charge in [0.15, 0.2) is 0 Å². The highest BCUT2D eigenvalue weighted by atomic mass is 17.2. The van der Waals surface area contributed by atoms with Gasteiger partial charge in [-0.15, -0.1) is 0 Å². The largest absolute Gasteiger partial charge is 0.465 e. The van der Waals surface area contributed by atoms with Crippen LogP contribution in [0.4, 0.5) is 9.59 Å². The Labute approximate surface area is 209 Å². The van der Waals surface area contributed by atoms with E-state index >= 15 is 0 Å². The van der Waals surface area contributed by atoms with Crippen LogP contribution in [-0.4, -0.2) is 60.8 Å². The fourth-order valence-electron chi connectivity index (χ4n) is 4.51. The number of hydrogen-bond donors (Lipinski definition) is 2. The highest BCUT2D eigenvalue weighted by Crippen LogP contribution is 2.29. The molecule has 2 saturated carbocycles. The minimum absolute atomic E-state index is 0.00838. The summed E-state index contributed by atoms with van der Waals surface area (Å²) in [5.74, 6) is 0.152. The van der Waals surface area contributed by atoms with Gasteiger partial charge in [-0.1, -0.05) is 0 Å². The standard InChI is InChI=1S/C25H44N2O8/c1-24(2,3)33-22(29)26-18-8-7-17(21(15-18)27-23(30)34-25(4,5)6)13-14-32-35-20-11-9-19(10-12-20)31-16-28/h16-21H,7-15H2,1-6H3,(H,26,29)(H,27,30). The number of hydrogen-bond acceptors (Lipinski definition) is 8. The van der Waals surface area contributed by atoms with Gasteiger partial charge in [0.1, 0.15) is 17.3 Å². The van der Waals surface area contributed by atoms with Gasteiger partial charge in [-0.2, -0.15) is 0 Å². The van der Waals surface area contributed by atoms with Crippen molar-refractivity contribution in [1.82, 2.24) is 10.6 Å². The molecule has 0 bridgehead atoms. The van der Waals surface area contributed by atoms with Gasteiger partial charge in [0.05, 0.1) is 12.7 Å². The molecule has 0 radical (unpaired) electrons. The van der Waals surface area contributed by atoms with Crippen molar-refractivity contribution in [3.8, 4) is 0 Å². The third-order valence-electron chi connectivity index (χ3n) is 6.06. The van der Waals surface area contributed by atoms with Gasteiger partial charge in [-0.3, -0.25) is 4.79 Å². The quantitative estimate of drug-likeness (QED) is 0.157. The first-order valence-corrected chi connectivity index (χ1v) is 12.7. The highest BCUT2D eigenvalue weighted by molar-refractivity contribution is 5.69. The summed E-state index contributed by atoms with van der Waals surface area (Å²) in [5.41, 5.74) is -1.18. The van der Waals surface area contributed by atoms with Gasteiger partial charge in [0.25, 0.3) is 6.47 Å². The summed E-state index contributed by atoms with van der Waals surface area (Å²) in [5, 5.41) is 5.92. The Hall–Kier alpha value is -2.07. The minimum Gasteiger partial charge on any atom is -0.465 e. The van der Waals surface area contributed by atoms with Crippen LogP contribution in [0.5, 0.6) is 0 Å². The molecular weight excluding hydrogens is 456 g/mol. The fraction of sp³-hybridized carbons (Fsp3) is 0.880. The van der Waals surface area contributed by atoms with Crippen LogP contribution >= 0.6 is 0 Å². The third-order valence-corrected chi connectivity index (χ3v) is 6.06. The van der Waals surface area contributed by atoms with Gasteiger partial charge in [-0.25, -0.2) is 19.4 Å². The number of amides is 2. The predicted molar refractivity (Wildman–Crippen MR) is 129 cm³/mol. The monoisotopic (exact) mass is 500 g/mol. The van der Waals surface area contributed by atoms with E-state index in [9.17, 15) is 14.4 Å². The van der Waals surface area contributed by atoms with E-state index in [0.717, 1.165) is 38.5 Å². The van der Waals surface area contributed by atoms with E-state index in [4.69, 9.17) is 24.0 Å². The Morgan fingerprint density at radius 3 is 1.97 bits per heavy atom. The van der Waals surface area contributed by atoms with Crippen LogP contribution in [0.25, 0.3) is 0 Å². The first-order chi connectivity index (χ1) is 16.3. The molecule has 0 spiro atoms.